The van der Waals surface area contributed by atoms with Crippen LogP contribution in [-0.2, 0) is 13.1 Å². The molecule has 5 heteroatoms. The van der Waals surface area contributed by atoms with Crippen LogP contribution in [0.5, 0.6) is 0 Å². The Kier molecular flexibility index (Phi) is 5.64. The minimum absolute atomic E-state index is 0.593. The first kappa shape index (κ1) is 14.8. The van der Waals surface area contributed by atoms with Gasteiger partial charge < -0.3 is 5.32 Å². The largest absolute Gasteiger partial charge is 0.310 e. The van der Waals surface area contributed by atoms with Gasteiger partial charge in [0.1, 0.15) is 12.2 Å². The first-order chi connectivity index (χ1) is 9.20. The first-order valence-electron chi connectivity index (χ1n) is 7.34. The van der Waals surface area contributed by atoms with Crippen LogP contribution >= 0.6 is 11.6 Å². The molecule has 0 spiro atoms. The van der Waals surface area contributed by atoms with Crippen molar-refractivity contribution in [2.24, 2.45) is 17.8 Å². The van der Waals surface area contributed by atoms with E-state index in [1.165, 1.54) is 19.3 Å². The van der Waals surface area contributed by atoms with E-state index in [-0.39, 0.29) is 0 Å². The second-order valence-corrected chi connectivity index (χ2v) is 6.30. The minimum Gasteiger partial charge on any atom is -0.310 e. The Morgan fingerprint density at radius 2 is 2.21 bits per heavy atom. The van der Waals surface area contributed by atoms with Gasteiger partial charge in [0.15, 0.2) is 0 Å². The molecule has 0 aromatic carbocycles. The maximum Gasteiger partial charge on any atom is 0.140 e. The minimum atomic E-state index is 0.593. The van der Waals surface area contributed by atoms with Crippen molar-refractivity contribution in [2.45, 2.75) is 46.2 Å². The Morgan fingerprint density at radius 1 is 1.42 bits per heavy atom. The van der Waals surface area contributed by atoms with Crippen LogP contribution in [0.25, 0.3) is 0 Å². The van der Waals surface area contributed by atoms with E-state index in [1.807, 2.05) is 4.68 Å². The average molecular weight is 285 g/mol. The van der Waals surface area contributed by atoms with E-state index in [2.05, 4.69) is 29.2 Å². The van der Waals surface area contributed by atoms with Crippen LogP contribution in [0.1, 0.15) is 38.9 Å². The summed E-state index contributed by atoms with van der Waals surface area (Å²) < 4.78 is 2.01. The fourth-order valence-corrected chi connectivity index (χ4v) is 3.28. The molecule has 0 radical (unpaired) electrons. The summed E-state index contributed by atoms with van der Waals surface area (Å²) in [5, 5.41) is 7.81. The van der Waals surface area contributed by atoms with Gasteiger partial charge in [-0.2, -0.15) is 5.10 Å². The van der Waals surface area contributed by atoms with Crippen molar-refractivity contribution in [3.8, 4) is 0 Å². The number of alkyl halides is 1. The van der Waals surface area contributed by atoms with Crippen molar-refractivity contribution in [1.82, 2.24) is 20.1 Å². The lowest BCUT2D eigenvalue weighted by Crippen LogP contribution is -2.27. The maximum absolute atomic E-state index is 6.01. The maximum atomic E-state index is 6.01. The smallest absolute Gasteiger partial charge is 0.140 e. The fraction of sp³-hybridized carbons (Fsp3) is 0.857. The number of aromatic nitrogens is 3. The molecule has 1 saturated carbocycles. The van der Waals surface area contributed by atoms with Crippen molar-refractivity contribution in [3.05, 3.63) is 12.2 Å². The molecule has 1 N–H and O–H groups in total. The Labute approximate surface area is 120 Å². The van der Waals surface area contributed by atoms with Crippen molar-refractivity contribution < 1.29 is 0 Å². The quantitative estimate of drug-likeness (QED) is 0.783. The van der Waals surface area contributed by atoms with Gasteiger partial charge in [0.25, 0.3) is 0 Å². The summed E-state index contributed by atoms with van der Waals surface area (Å²) in [7, 11) is 0. The third-order valence-electron chi connectivity index (χ3n) is 3.94. The zero-order valence-corrected chi connectivity index (χ0v) is 12.7. The van der Waals surface area contributed by atoms with Crippen molar-refractivity contribution in [2.75, 3.05) is 12.4 Å². The lowest BCUT2D eigenvalue weighted by atomic mass is 9.98. The second-order valence-electron chi connectivity index (χ2n) is 5.99. The SMILES string of the molecule is CC(C)Cn1ncnc1CNCC1CCCC1CCl. The summed E-state index contributed by atoms with van der Waals surface area (Å²) in [5.74, 6) is 3.86. The van der Waals surface area contributed by atoms with Crippen LogP contribution in [0, 0.1) is 17.8 Å². The standard InChI is InChI=1S/C14H25ClN4/c1-11(2)9-19-14(17-10-18-19)8-16-7-13-5-3-4-12(13)6-15/h10-13,16H,3-9H2,1-2H3. The molecule has 1 aromatic heterocycles. The molecule has 1 aliphatic carbocycles. The highest BCUT2D eigenvalue weighted by atomic mass is 35.5. The third kappa shape index (κ3) is 4.18. The van der Waals surface area contributed by atoms with E-state index < -0.39 is 0 Å². The van der Waals surface area contributed by atoms with Crippen molar-refractivity contribution >= 4 is 11.6 Å². The molecule has 19 heavy (non-hydrogen) atoms. The Balaban J connectivity index is 1.78. The van der Waals surface area contributed by atoms with E-state index in [1.54, 1.807) is 6.33 Å². The summed E-state index contributed by atoms with van der Waals surface area (Å²) in [6.07, 6.45) is 5.58. The van der Waals surface area contributed by atoms with Crippen LogP contribution in [-0.4, -0.2) is 27.2 Å². The van der Waals surface area contributed by atoms with Gasteiger partial charge in [-0.3, -0.25) is 0 Å². The molecule has 0 amide bonds. The second kappa shape index (κ2) is 7.25. The molecule has 2 unspecified atom stereocenters. The molecule has 1 aliphatic rings. The molecular formula is C14H25ClN4. The van der Waals surface area contributed by atoms with Crippen LogP contribution < -0.4 is 5.32 Å². The van der Waals surface area contributed by atoms with Gasteiger partial charge in [0.05, 0.1) is 6.54 Å². The molecule has 2 rings (SSSR count). The summed E-state index contributed by atoms with van der Waals surface area (Å²) in [4.78, 5) is 4.34. The number of nitrogens with zero attached hydrogens (tertiary/aromatic N) is 3. The molecule has 4 nitrogen and oxygen atoms in total. The monoisotopic (exact) mass is 284 g/mol. The Hall–Kier alpha value is -0.610. The molecule has 1 aromatic rings. The fourth-order valence-electron chi connectivity index (χ4n) is 2.88. The molecule has 0 bridgehead atoms. The molecule has 0 aliphatic heterocycles. The highest BCUT2D eigenvalue weighted by Gasteiger charge is 2.25. The molecular weight excluding hydrogens is 260 g/mol. The van der Waals surface area contributed by atoms with E-state index in [9.17, 15) is 0 Å². The summed E-state index contributed by atoms with van der Waals surface area (Å²) in [6.45, 7) is 7.18. The average Bonchev–Trinajstić information content (AvgIpc) is 2.98. The summed E-state index contributed by atoms with van der Waals surface area (Å²) in [5.41, 5.74) is 0. The van der Waals surface area contributed by atoms with Gasteiger partial charge in [0.2, 0.25) is 0 Å². The first-order valence-corrected chi connectivity index (χ1v) is 7.87. The van der Waals surface area contributed by atoms with Gasteiger partial charge in [-0.25, -0.2) is 9.67 Å². The highest BCUT2D eigenvalue weighted by molar-refractivity contribution is 6.18. The topological polar surface area (TPSA) is 42.7 Å². The highest BCUT2D eigenvalue weighted by Crippen LogP contribution is 2.31. The number of rotatable bonds is 7. The van der Waals surface area contributed by atoms with Gasteiger partial charge in [0, 0.05) is 12.4 Å². The van der Waals surface area contributed by atoms with Crippen LogP contribution in [0.2, 0.25) is 0 Å². The molecule has 1 fully saturated rings. The number of nitrogens with one attached hydrogen (secondary N) is 1. The zero-order chi connectivity index (χ0) is 13.7. The summed E-state index contributed by atoms with van der Waals surface area (Å²) in [6, 6.07) is 0. The van der Waals surface area contributed by atoms with Crippen LogP contribution in [0.15, 0.2) is 6.33 Å². The normalized spacial score (nSPS) is 23.4. The van der Waals surface area contributed by atoms with Crippen LogP contribution in [0.4, 0.5) is 0 Å². The van der Waals surface area contributed by atoms with Gasteiger partial charge >= 0.3 is 0 Å². The van der Waals surface area contributed by atoms with Crippen LogP contribution in [0.3, 0.4) is 0 Å². The van der Waals surface area contributed by atoms with E-state index in [0.717, 1.165) is 37.3 Å². The van der Waals surface area contributed by atoms with Gasteiger partial charge in [-0.15, -0.1) is 11.6 Å². The van der Waals surface area contributed by atoms with E-state index >= 15 is 0 Å². The molecule has 0 saturated heterocycles. The number of hydrogen-bond acceptors (Lipinski definition) is 3. The van der Waals surface area contributed by atoms with Crippen molar-refractivity contribution in [1.29, 1.82) is 0 Å². The predicted octanol–water partition coefficient (Wildman–Crippen LogP) is 2.68. The number of halogens is 1. The Morgan fingerprint density at radius 3 is 2.95 bits per heavy atom. The lowest BCUT2D eigenvalue weighted by molar-refractivity contribution is 0.387. The van der Waals surface area contributed by atoms with E-state index in [4.69, 9.17) is 11.6 Å². The predicted molar refractivity (Wildman–Crippen MR) is 78.1 cm³/mol. The summed E-state index contributed by atoms with van der Waals surface area (Å²) >= 11 is 6.01. The molecule has 2 atom stereocenters. The van der Waals surface area contributed by atoms with Crippen molar-refractivity contribution in [3.63, 3.8) is 0 Å². The van der Waals surface area contributed by atoms with Gasteiger partial charge in [-0.1, -0.05) is 20.3 Å². The Bertz CT molecular complexity index is 377. The molecule has 1 heterocycles. The lowest BCUT2D eigenvalue weighted by Gasteiger charge is -2.17. The zero-order valence-electron chi connectivity index (χ0n) is 12.0. The van der Waals surface area contributed by atoms with Gasteiger partial charge in [-0.05, 0) is 37.1 Å². The van der Waals surface area contributed by atoms with E-state index in [0.29, 0.717) is 11.8 Å². The number of hydrogen-bond donors (Lipinski definition) is 1. The third-order valence-corrected chi connectivity index (χ3v) is 4.33. The molecule has 108 valence electrons.